The molecule has 0 radical (unpaired) electrons. The SMILES string of the molecule is CCCCC/C=C\CC(=O)/C=C/C=C/C=C\[C@@H](O)CCCC(=O)O. The van der Waals surface area contributed by atoms with Crippen LogP contribution in [-0.4, -0.2) is 28.1 Å². The van der Waals surface area contributed by atoms with Crippen molar-refractivity contribution in [2.45, 2.75) is 64.4 Å². The molecule has 0 amide bonds. The van der Waals surface area contributed by atoms with Gasteiger partial charge >= 0.3 is 5.97 Å². The zero-order valence-electron chi connectivity index (χ0n) is 14.6. The minimum atomic E-state index is -0.850. The number of ketones is 1. The molecular weight excluding hydrogens is 304 g/mol. The number of unbranched alkanes of at least 4 members (excludes halogenated alkanes) is 3. The van der Waals surface area contributed by atoms with Gasteiger partial charge in [0.15, 0.2) is 5.78 Å². The van der Waals surface area contributed by atoms with Crippen molar-refractivity contribution in [3.05, 3.63) is 48.6 Å². The van der Waals surface area contributed by atoms with E-state index in [0.717, 1.165) is 6.42 Å². The summed E-state index contributed by atoms with van der Waals surface area (Å²) in [6, 6.07) is 0. The molecule has 0 rings (SSSR count). The Bertz CT molecular complexity index is 458. The van der Waals surface area contributed by atoms with Crippen LogP contribution in [-0.2, 0) is 9.59 Å². The Morgan fingerprint density at radius 2 is 1.75 bits per heavy atom. The molecule has 0 aliphatic heterocycles. The van der Waals surface area contributed by atoms with Crippen molar-refractivity contribution in [1.29, 1.82) is 0 Å². The summed E-state index contributed by atoms with van der Waals surface area (Å²) < 4.78 is 0. The fourth-order valence-electron chi connectivity index (χ4n) is 1.94. The van der Waals surface area contributed by atoms with E-state index in [0.29, 0.717) is 19.3 Å². The lowest BCUT2D eigenvalue weighted by Crippen LogP contribution is -2.03. The summed E-state index contributed by atoms with van der Waals surface area (Å²) in [4.78, 5) is 21.9. The number of aliphatic hydroxyl groups excluding tert-OH is 1. The lowest BCUT2D eigenvalue weighted by molar-refractivity contribution is -0.137. The number of carboxylic acid groups (broad SMARTS) is 1. The van der Waals surface area contributed by atoms with Crippen molar-refractivity contribution in [2.24, 2.45) is 0 Å². The summed E-state index contributed by atoms with van der Waals surface area (Å²) in [5.41, 5.74) is 0. The normalized spacial score (nSPS) is 13.6. The number of aliphatic hydroxyl groups is 1. The fourth-order valence-corrected chi connectivity index (χ4v) is 1.94. The number of carbonyl (C=O) groups is 2. The Hall–Kier alpha value is -1.94. The van der Waals surface area contributed by atoms with Gasteiger partial charge in [0.25, 0.3) is 0 Å². The molecular formula is C20H30O4. The number of allylic oxidation sites excluding steroid dienone is 7. The first-order chi connectivity index (χ1) is 11.6. The van der Waals surface area contributed by atoms with E-state index < -0.39 is 12.1 Å². The molecule has 0 aliphatic rings. The molecule has 0 spiro atoms. The van der Waals surface area contributed by atoms with Crippen LogP contribution in [0.2, 0.25) is 0 Å². The average Bonchev–Trinajstić information content (AvgIpc) is 2.53. The lowest BCUT2D eigenvalue weighted by atomic mass is 10.1. The first-order valence-electron chi connectivity index (χ1n) is 8.65. The Morgan fingerprint density at radius 3 is 2.46 bits per heavy atom. The topological polar surface area (TPSA) is 74.6 Å². The van der Waals surface area contributed by atoms with Gasteiger partial charge in [-0.3, -0.25) is 9.59 Å². The number of hydrogen-bond acceptors (Lipinski definition) is 3. The Balaban J connectivity index is 3.83. The number of rotatable bonds is 14. The Labute approximate surface area is 145 Å². The van der Waals surface area contributed by atoms with Gasteiger partial charge in [-0.2, -0.15) is 0 Å². The molecule has 0 aromatic carbocycles. The maximum absolute atomic E-state index is 11.6. The van der Waals surface area contributed by atoms with E-state index in [9.17, 15) is 14.7 Å². The van der Waals surface area contributed by atoms with E-state index in [1.807, 2.05) is 6.08 Å². The second-order valence-electron chi connectivity index (χ2n) is 5.62. The van der Waals surface area contributed by atoms with E-state index >= 15 is 0 Å². The summed E-state index contributed by atoms with van der Waals surface area (Å²) >= 11 is 0. The van der Waals surface area contributed by atoms with E-state index in [4.69, 9.17) is 5.11 Å². The Kier molecular flexibility index (Phi) is 14.6. The molecule has 134 valence electrons. The van der Waals surface area contributed by atoms with Crippen LogP contribution < -0.4 is 0 Å². The third-order valence-electron chi connectivity index (χ3n) is 3.30. The summed E-state index contributed by atoms with van der Waals surface area (Å²) in [5.74, 6) is -0.791. The second kappa shape index (κ2) is 15.9. The van der Waals surface area contributed by atoms with Gasteiger partial charge in [0.2, 0.25) is 0 Å². The van der Waals surface area contributed by atoms with Crippen LogP contribution in [0, 0.1) is 0 Å². The van der Waals surface area contributed by atoms with Crippen LogP contribution in [0.4, 0.5) is 0 Å². The number of carbonyl (C=O) groups excluding carboxylic acids is 1. The standard InChI is InChI=1S/C20H30O4/c1-2-3-4-5-6-9-13-18(21)14-10-7-8-11-15-19(22)16-12-17-20(23)24/h6-11,14-15,19,22H,2-5,12-13,16-17H2,1H3,(H,23,24)/b8-7+,9-6-,14-10+,15-11-/t19-/m1/s1. The van der Waals surface area contributed by atoms with Crippen LogP contribution in [0.5, 0.6) is 0 Å². The van der Waals surface area contributed by atoms with E-state index in [1.54, 1.807) is 30.4 Å². The van der Waals surface area contributed by atoms with Crippen molar-refractivity contribution in [3.8, 4) is 0 Å². The van der Waals surface area contributed by atoms with Gasteiger partial charge in [-0.05, 0) is 31.8 Å². The summed E-state index contributed by atoms with van der Waals surface area (Å²) in [6.45, 7) is 2.17. The van der Waals surface area contributed by atoms with Crippen LogP contribution in [0.1, 0.15) is 58.3 Å². The van der Waals surface area contributed by atoms with E-state index in [-0.39, 0.29) is 12.2 Å². The highest BCUT2D eigenvalue weighted by Gasteiger charge is 2.01. The minimum Gasteiger partial charge on any atom is -0.481 e. The monoisotopic (exact) mass is 334 g/mol. The lowest BCUT2D eigenvalue weighted by Gasteiger charge is -2.02. The summed E-state index contributed by atoms with van der Waals surface area (Å²) in [6.07, 6.45) is 19.3. The number of aliphatic carboxylic acids is 1. The van der Waals surface area contributed by atoms with Gasteiger partial charge in [-0.15, -0.1) is 0 Å². The first kappa shape index (κ1) is 22.1. The molecule has 0 saturated carbocycles. The van der Waals surface area contributed by atoms with E-state index in [1.165, 1.54) is 25.3 Å². The molecule has 0 fully saturated rings. The van der Waals surface area contributed by atoms with Gasteiger partial charge in [-0.1, -0.05) is 62.3 Å². The number of carboxylic acids is 1. The molecule has 4 heteroatoms. The zero-order chi connectivity index (χ0) is 18.0. The molecule has 4 nitrogen and oxygen atoms in total. The summed E-state index contributed by atoms with van der Waals surface area (Å²) in [5, 5.41) is 18.1. The van der Waals surface area contributed by atoms with Gasteiger partial charge in [0.05, 0.1) is 6.10 Å². The third kappa shape index (κ3) is 16.4. The summed E-state index contributed by atoms with van der Waals surface area (Å²) in [7, 11) is 0. The van der Waals surface area contributed by atoms with Crippen molar-refractivity contribution < 1.29 is 19.8 Å². The fraction of sp³-hybridized carbons (Fsp3) is 0.500. The molecule has 24 heavy (non-hydrogen) atoms. The van der Waals surface area contributed by atoms with Crippen LogP contribution in [0.25, 0.3) is 0 Å². The van der Waals surface area contributed by atoms with Crippen LogP contribution >= 0.6 is 0 Å². The zero-order valence-corrected chi connectivity index (χ0v) is 14.6. The maximum Gasteiger partial charge on any atom is 0.303 e. The molecule has 0 heterocycles. The largest absolute Gasteiger partial charge is 0.481 e. The second-order valence-corrected chi connectivity index (χ2v) is 5.62. The van der Waals surface area contributed by atoms with Gasteiger partial charge < -0.3 is 10.2 Å². The van der Waals surface area contributed by atoms with Gasteiger partial charge in [0.1, 0.15) is 0 Å². The third-order valence-corrected chi connectivity index (χ3v) is 3.30. The molecule has 0 aliphatic carbocycles. The predicted octanol–water partition coefficient (Wildman–Crippen LogP) is 4.37. The molecule has 0 aromatic rings. The minimum absolute atomic E-state index is 0.0593. The smallest absolute Gasteiger partial charge is 0.303 e. The van der Waals surface area contributed by atoms with Crippen LogP contribution in [0.3, 0.4) is 0 Å². The van der Waals surface area contributed by atoms with E-state index in [2.05, 4.69) is 13.0 Å². The Morgan fingerprint density at radius 1 is 1.00 bits per heavy atom. The molecule has 0 saturated heterocycles. The molecule has 1 atom stereocenters. The highest BCUT2D eigenvalue weighted by atomic mass is 16.4. The number of hydrogen-bond donors (Lipinski definition) is 2. The van der Waals surface area contributed by atoms with Crippen molar-refractivity contribution >= 4 is 11.8 Å². The first-order valence-corrected chi connectivity index (χ1v) is 8.65. The van der Waals surface area contributed by atoms with Gasteiger partial charge in [0, 0.05) is 12.8 Å². The van der Waals surface area contributed by atoms with Gasteiger partial charge in [-0.25, -0.2) is 0 Å². The average molecular weight is 334 g/mol. The van der Waals surface area contributed by atoms with Crippen molar-refractivity contribution in [1.82, 2.24) is 0 Å². The van der Waals surface area contributed by atoms with Crippen molar-refractivity contribution in [2.75, 3.05) is 0 Å². The highest BCUT2D eigenvalue weighted by molar-refractivity contribution is 5.90. The van der Waals surface area contributed by atoms with Crippen LogP contribution in [0.15, 0.2) is 48.6 Å². The quantitative estimate of drug-likeness (QED) is 0.214. The highest BCUT2D eigenvalue weighted by Crippen LogP contribution is 2.02. The van der Waals surface area contributed by atoms with Crippen molar-refractivity contribution in [3.63, 3.8) is 0 Å². The molecule has 0 aromatic heterocycles. The molecule has 0 unspecified atom stereocenters. The molecule has 0 bridgehead atoms. The maximum atomic E-state index is 11.6. The predicted molar refractivity (Wildman–Crippen MR) is 97.8 cm³/mol. The molecule has 2 N–H and O–H groups in total.